The molecule has 0 saturated carbocycles. The zero-order valence-electron chi connectivity index (χ0n) is 9.56. The van der Waals surface area contributed by atoms with Gasteiger partial charge in [-0.3, -0.25) is 0 Å². The molecule has 1 aliphatic rings. The summed E-state index contributed by atoms with van der Waals surface area (Å²) in [6.45, 7) is -0.302. The van der Waals surface area contributed by atoms with E-state index in [0.29, 0.717) is 23.4 Å². The van der Waals surface area contributed by atoms with Crippen LogP contribution in [0.5, 0.6) is 0 Å². The molecule has 0 aromatic carbocycles. The third-order valence-corrected chi connectivity index (χ3v) is 3.21. The average molecular weight is 247 g/mol. The van der Waals surface area contributed by atoms with Crippen LogP contribution in [-0.2, 0) is 0 Å². The molecule has 3 rings (SSSR count). The molecule has 94 valence electrons. The topological polar surface area (TPSA) is 110 Å². The molecule has 0 radical (unpaired) electrons. The van der Waals surface area contributed by atoms with Crippen molar-refractivity contribution >= 4 is 17.0 Å². The van der Waals surface area contributed by atoms with Crippen LogP contribution in [0, 0.1) is 0 Å². The quantitative estimate of drug-likeness (QED) is 0.625. The smallest absolute Gasteiger partial charge is 0.165 e. The van der Waals surface area contributed by atoms with Crippen LogP contribution >= 0.6 is 0 Å². The Morgan fingerprint density at radius 3 is 3.00 bits per heavy atom. The lowest BCUT2D eigenvalue weighted by molar-refractivity contribution is 0.0218. The molecular weight excluding hydrogens is 234 g/mol. The Kier molecular flexibility index (Phi) is 2.32. The summed E-state index contributed by atoms with van der Waals surface area (Å²) in [6.07, 6.45) is 6.82. The molecule has 2 aromatic rings. The lowest BCUT2D eigenvalue weighted by Crippen LogP contribution is -2.29. The number of anilines is 1. The van der Waals surface area contributed by atoms with Crippen LogP contribution in [0.3, 0.4) is 0 Å². The normalized spacial score (nSPS) is 27.1. The molecule has 0 amide bonds. The summed E-state index contributed by atoms with van der Waals surface area (Å²) >= 11 is 0. The van der Waals surface area contributed by atoms with E-state index >= 15 is 0 Å². The number of fused-ring (bicyclic) bond motifs is 1. The Balaban J connectivity index is 2.02. The zero-order valence-corrected chi connectivity index (χ0v) is 9.56. The summed E-state index contributed by atoms with van der Waals surface area (Å²) in [4.78, 5) is 12.2. The van der Waals surface area contributed by atoms with Crippen molar-refractivity contribution in [3.63, 3.8) is 0 Å². The molecule has 2 aromatic heterocycles. The maximum absolute atomic E-state index is 9.97. The van der Waals surface area contributed by atoms with Crippen LogP contribution in [-0.4, -0.2) is 41.9 Å². The second kappa shape index (κ2) is 3.76. The highest BCUT2D eigenvalue weighted by Gasteiger charge is 2.33. The lowest BCUT2D eigenvalue weighted by Gasteiger charge is -2.19. The number of nitrogen functional groups attached to an aromatic ring is 1. The first-order valence-electron chi connectivity index (χ1n) is 5.58. The number of rotatable bonds is 2. The highest BCUT2D eigenvalue weighted by atomic mass is 16.3. The standard InChI is InChI=1S/C11H13N5O2/c12-9-8-10(14-5-13-9)16(6-15-8)7-1-2-11(18,3-7)4-17/h1-2,5-7,17-18H,3-4H2,(H2,12,13,14)/t7-,11-/m0/s1. The average Bonchev–Trinajstić information content (AvgIpc) is 2.94. The van der Waals surface area contributed by atoms with Crippen molar-refractivity contribution in [2.24, 2.45) is 0 Å². The van der Waals surface area contributed by atoms with Gasteiger partial charge in [0.2, 0.25) is 0 Å². The highest BCUT2D eigenvalue weighted by molar-refractivity contribution is 5.81. The number of imidazole rings is 1. The molecule has 0 aliphatic heterocycles. The number of nitrogens with two attached hydrogens (primary N) is 1. The molecule has 1 aliphatic carbocycles. The van der Waals surface area contributed by atoms with Crippen LogP contribution in [0.2, 0.25) is 0 Å². The number of hydrogen-bond donors (Lipinski definition) is 3. The molecular formula is C11H13N5O2. The number of aromatic nitrogens is 4. The van der Waals surface area contributed by atoms with E-state index in [0.717, 1.165) is 0 Å². The molecule has 0 unspecified atom stereocenters. The van der Waals surface area contributed by atoms with Gasteiger partial charge in [-0.2, -0.15) is 0 Å². The Morgan fingerprint density at radius 1 is 1.44 bits per heavy atom. The van der Waals surface area contributed by atoms with Crippen molar-refractivity contribution in [3.05, 3.63) is 24.8 Å². The van der Waals surface area contributed by atoms with E-state index in [1.807, 2.05) is 10.6 Å². The summed E-state index contributed by atoms with van der Waals surface area (Å²) in [7, 11) is 0. The monoisotopic (exact) mass is 247 g/mol. The molecule has 0 bridgehead atoms. The number of nitrogens with zero attached hydrogens (tertiary/aromatic N) is 4. The summed E-state index contributed by atoms with van der Waals surface area (Å²) in [5, 5.41) is 19.1. The Morgan fingerprint density at radius 2 is 2.28 bits per heavy atom. The third kappa shape index (κ3) is 1.56. The van der Waals surface area contributed by atoms with Gasteiger partial charge in [-0.25, -0.2) is 15.0 Å². The highest BCUT2D eigenvalue weighted by Crippen LogP contribution is 2.32. The molecule has 0 fully saturated rings. The maximum Gasteiger partial charge on any atom is 0.165 e. The first-order valence-corrected chi connectivity index (χ1v) is 5.58. The van der Waals surface area contributed by atoms with Gasteiger partial charge >= 0.3 is 0 Å². The van der Waals surface area contributed by atoms with Gasteiger partial charge in [0.05, 0.1) is 19.0 Å². The van der Waals surface area contributed by atoms with E-state index in [4.69, 9.17) is 10.8 Å². The first kappa shape index (κ1) is 11.1. The Hall–Kier alpha value is -1.99. The van der Waals surface area contributed by atoms with Crippen LogP contribution in [0.25, 0.3) is 11.2 Å². The van der Waals surface area contributed by atoms with Crippen molar-refractivity contribution in [2.75, 3.05) is 12.3 Å². The van der Waals surface area contributed by atoms with E-state index < -0.39 is 5.60 Å². The zero-order chi connectivity index (χ0) is 12.8. The van der Waals surface area contributed by atoms with E-state index in [-0.39, 0.29) is 12.6 Å². The predicted molar refractivity (Wildman–Crippen MR) is 64.6 cm³/mol. The molecule has 0 spiro atoms. The number of aliphatic hydroxyl groups is 2. The summed E-state index contributed by atoms with van der Waals surface area (Å²) in [6, 6.07) is -0.0959. The van der Waals surface area contributed by atoms with E-state index in [1.54, 1.807) is 12.4 Å². The minimum Gasteiger partial charge on any atom is -0.393 e. The van der Waals surface area contributed by atoms with Crippen molar-refractivity contribution in [2.45, 2.75) is 18.1 Å². The largest absolute Gasteiger partial charge is 0.393 e. The molecule has 7 nitrogen and oxygen atoms in total. The molecule has 7 heteroatoms. The van der Waals surface area contributed by atoms with Crippen LogP contribution in [0.4, 0.5) is 5.82 Å². The summed E-state index contributed by atoms with van der Waals surface area (Å²) < 4.78 is 1.82. The number of allylic oxidation sites excluding steroid dienone is 1. The van der Waals surface area contributed by atoms with E-state index in [1.165, 1.54) is 6.33 Å². The minimum absolute atomic E-state index is 0.0959. The molecule has 18 heavy (non-hydrogen) atoms. The second-order valence-electron chi connectivity index (χ2n) is 4.48. The minimum atomic E-state index is -1.17. The summed E-state index contributed by atoms with van der Waals surface area (Å²) in [5.41, 5.74) is 5.72. The van der Waals surface area contributed by atoms with E-state index in [9.17, 15) is 5.11 Å². The first-order chi connectivity index (χ1) is 8.63. The van der Waals surface area contributed by atoms with Gasteiger partial charge in [-0.15, -0.1) is 0 Å². The van der Waals surface area contributed by atoms with Gasteiger partial charge in [0.1, 0.15) is 17.4 Å². The van der Waals surface area contributed by atoms with Crippen LogP contribution in [0.1, 0.15) is 12.5 Å². The summed E-state index contributed by atoms with van der Waals surface area (Å²) in [5.74, 6) is 0.332. The fourth-order valence-electron chi connectivity index (χ4n) is 2.21. The van der Waals surface area contributed by atoms with Crippen LogP contribution in [0.15, 0.2) is 24.8 Å². The number of aliphatic hydroxyl groups excluding tert-OH is 1. The van der Waals surface area contributed by atoms with Crippen molar-refractivity contribution in [1.82, 2.24) is 19.5 Å². The number of hydrogen-bond acceptors (Lipinski definition) is 6. The lowest BCUT2D eigenvalue weighted by atomic mass is 10.0. The molecule has 2 atom stereocenters. The fourth-order valence-corrected chi connectivity index (χ4v) is 2.21. The van der Waals surface area contributed by atoms with Crippen molar-refractivity contribution in [3.8, 4) is 0 Å². The Labute approximate surface area is 103 Å². The van der Waals surface area contributed by atoms with Gasteiger partial charge in [0.15, 0.2) is 11.5 Å². The molecule has 4 N–H and O–H groups in total. The maximum atomic E-state index is 9.97. The van der Waals surface area contributed by atoms with Crippen molar-refractivity contribution < 1.29 is 10.2 Å². The van der Waals surface area contributed by atoms with Gasteiger partial charge in [0.25, 0.3) is 0 Å². The van der Waals surface area contributed by atoms with Crippen molar-refractivity contribution in [1.29, 1.82) is 0 Å². The fraction of sp³-hybridized carbons (Fsp3) is 0.364. The molecule has 0 saturated heterocycles. The SMILES string of the molecule is Nc1ncnc2c1ncn2[C@H]1C=C[C@@](O)(CO)C1. The van der Waals surface area contributed by atoms with Gasteiger partial charge in [-0.05, 0) is 0 Å². The van der Waals surface area contributed by atoms with Crippen LogP contribution < -0.4 is 5.73 Å². The predicted octanol–water partition coefficient (Wildman–Crippen LogP) is -0.367. The van der Waals surface area contributed by atoms with Gasteiger partial charge in [0, 0.05) is 6.42 Å². The molecule has 2 heterocycles. The second-order valence-corrected chi connectivity index (χ2v) is 4.48. The Bertz CT molecular complexity index is 623. The van der Waals surface area contributed by atoms with E-state index in [2.05, 4.69) is 15.0 Å². The van der Waals surface area contributed by atoms with Gasteiger partial charge < -0.3 is 20.5 Å². The van der Waals surface area contributed by atoms with Gasteiger partial charge in [-0.1, -0.05) is 12.2 Å². The third-order valence-electron chi connectivity index (χ3n) is 3.21.